The summed E-state index contributed by atoms with van der Waals surface area (Å²) >= 11 is 6.02. The molecular formula is C12H18ClOP. The molecule has 0 fully saturated rings. The van der Waals surface area contributed by atoms with Gasteiger partial charge in [-0.2, -0.15) is 0 Å². The van der Waals surface area contributed by atoms with Crippen LogP contribution in [-0.2, 0) is 0 Å². The van der Waals surface area contributed by atoms with Crippen LogP contribution in [0.3, 0.4) is 0 Å². The monoisotopic (exact) mass is 244 g/mol. The van der Waals surface area contributed by atoms with E-state index in [0.717, 1.165) is 8.58 Å². The van der Waals surface area contributed by atoms with Crippen molar-refractivity contribution in [3.05, 3.63) is 23.2 Å². The molecule has 0 amide bonds. The molecule has 0 heterocycles. The third kappa shape index (κ3) is 4.86. The highest BCUT2D eigenvalue weighted by atomic mass is 35.5. The van der Waals surface area contributed by atoms with Gasteiger partial charge in [0.1, 0.15) is 5.75 Å². The minimum absolute atomic E-state index is 0.250. The molecule has 1 aromatic carbocycles. The smallest absolute Gasteiger partial charge is 0.117 e. The van der Waals surface area contributed by atoms with Crippen LogP contribution in [0.15, 0.2) is 18.2 Å². The van der Waals surface area contributed by atoms with E-state index < -0.39 is 0 Å². The van der Waals surface area contributed by atoms with Gasteiger partial charge in [0.15, 0.2) is 0 Å². The third-order valence-corrected chi connectivity index (χ3v) is 4.19. The summed E-state index contributed by atoms with van der Waals surface area (Å²) in [6, 6.07) is 5.26. The minimum atomic E-state index is 0.250. The Morgan fingerprint density at radius 3 is 2.73 bits per heavy atom. The number of benzene rings is 1. The Hall–Kier alpha value is -0.260. The van der Waals surface area contributed by atoms with Crippen molar-refractivity contribution in [2.75, 3.05) is 6.16 Å². The largest absolute Gasteiger partial charge is 0.508 e. The van der Waals surface area contributed by atoms with Gasteiger partial charge in [-0.3, -0.25) is 0 Å². The molecule has 0 aliphatic rings. The van der Waals surface area contributed by atoms with Crippen molar-refractivity contribution in [1.82, 2.24) is 0 Å². The van der Waals surface area contributed by atoms with Gasteiger partial charge in [0, 0.05) is 0 Å². The number of aromatic hydroxyl groups is 1. The lowest BCUT2D eigenvalue weighted by molar-refractivity contribution is 0.475. The third-order valence-electron chi connectivity index (χ3n) is 2.30. The molecule has 1 aromatic rings. The van der Waals surface area contributed by atoms with Crippen LogP contribution in [-0.4, -0.2) is 11.3 Å². The van der Waals surface area contributed by atoms with E-state index in [1.807, 2.05) is 6.07 Å². The average molecular weight is 245 g/mol. The minimum Gasteiger partial charge on any atom is -0.508 e. The first-order valence-corrected chi connectivity index (χ1v) is 7.05. The van der Waals surface area contributed by atoms with Crippen LogP contribution in [0.4, 0.5) is 0 Å². The molecule has 0 saturated carbocycles. The van der Waals surface area contributed by atoms with E-state index in [9.17, 15) is 5.11 Å². The highest BCUT2D eigenvalue weighted by Gasteiger charge is 2.00. The summed E-state index contributed by atoms with van der Waals surface area (Å²) < 4.78 is 0. The maximum Gasteiger partial charge on any atom is 0.117 e. The molecule has 15 heavy (non-hydrogen) atoms. The first-order chi connectivity index (χ1) is 7.24. The highest BCUT2D eigenvalue weighted by Crippen LogP contribution is 2.22. The van der Waals surface area contributed by atoms with E-state index in [4.69, 9.17) is 11.6 Å². The van der Waals surface area contributed by atoms with Crippen LogP contribution in [0.5, 0.6) is 5.75 Å². The van der Waals surface area contributed by atoms with Crippen molar-refractivity contribution >= 4 is 25.5 Å². The fourth-order valence-corrected chi connectivity index (χ4v) is 2.94. The molecule has 1 atom stereocenters. The number of hydrogen-bond acceptors (Lipinski definition) is 1. The van der Waals surface area contributed by atoms with E-state index in [2.05, 4.69) is 6.92 Å². The number of hydrogen-bond donors (Lipinski definition) is 1. The van der Waals surface area contributed by atoms with Crippen molar-refractivity contribution in [1.29, 1.82) is 0 Å². The lowest BCUT2D eigenvalue weighted by atomic mass is 10.2. The van der Waals surface area contributed by atoms with Crippen molar-refractivity contribution < 1.29 is 5.11 Å². The van der Waals surface area contributed by atoms with E-state index in [1.165, 1.54) is 37.1 Å². The van der Waals surface area contributed by atoms with Crippen molar-refractivity contribution in [3.63, 3.8) is 0 Å². The van der Waals surface area contributed by atoms with Crippen LogP contribution in [0.1, 0.15) is 32.6 Å². The predicted octanol–water partition coefficient (Wildman–Crippen LogP) is 3.93. The fraction of sp³-hybridized carbons (Fsp3) is 0.500. The van der Waals surface area contributed by atoms with Crippen LogP contribution in [0, 0.1) is 0 Å². The first kappa shape index (κ1) is 12.8. The molecule has 1 N–H and O–H groups in total. The molecule has 0 radical (unpaired) electrons. The molecule has 0 aliphatic carbocycles. The van der Waals surface area contributed by atoms with Crippen LogP contribution in [0.25, 0.3) is 0 Å². The van der Waals surface area contributed by atoms with Gasteiger partial charge in [-0.05, 0) is 36.1 Å². The molecule has 84 valence electrons. The summed E-state index contributed by atoms with van der Waals surface area (Å²) in [5.41, 5.74) is 0. The summed E-state index contributed by atoms with van der Waals surface area (Å²) in [5, 5.41) is 11.1. The quantitative estimate of drug-likeness (QED) is 0.594. The van der Waals surface area contributed by atoms with Gasteiger partial charge in [0.25, 0.3) is 0 Å². The van der Waals surface area contributed by atoms with Crippen LogP contribution in [0.2, 0.25) is 5.02 Å². The Morgan fingerprint density at radius 1 is 1.27 bits per heavy atom. The Balaban J connectivity index is 2.31. The maximum atomic E-state index is 9.20. The number of halogens is 1. The van der Waals surface area contributed by atoms with Gasteiger partial charge < -0.3 is 5.11 Å². The zero-order valence-corrected chi connectivity index (χ0v) is 10.8. The van der Waals surface area contributed by atoms with Gasteiger partial charge in [-0.25, -0.2) is 0 Å². The Labute approximate surface area is 98.6 Å². The van der Waals surface area contributed by atoms with Gasteiger partial charge in [-0.1, -0.05) is 46.4 Å². The molecule has 0 aliphatic heterocycles. The molecule has 1 nitrogen and oxygen atoms in total. The Bertz CT molecular complexity index is 302. The van der Waals surface area contributed by atoms with Gasteiger partial charge in [0.05, 0.1) is 5.02 Å². The topological polar surface area (TPSA) is 20.2 Å². The SMILES string of the molecule is CCCCCCPc1ccc(O)cc1Cl. The lowest BCUT2D eigenvalue weighted by Crippen LogP contribution is -1.96. The van der Waals surface area contributed by atoms with E-state index in [0.29, 0.717) is 5.02 Å². The van der Waals surface area contributed by atoms with Gasteiger partial charge in [0.2, 0.25) is 0 Å². The van der Waals surface area contributed by atoms with E-state index in [-0.39, 0.29) is 5.75 Å². The Morgan fingerprint density at radius 2 is 2.07 bits per heavy atom. The second-order valence-electron chi connectivity index (χ2n) is 3.65. The van der Waals surface area contributed by atoms with Crippen LogP contribution < -0.4 is 5.30 Å². The fourth-order valence-electron chi connectivity index (χ4n) is 1.42. The van der Waals surface area contributed by atoms with E-state index >= 15 is 0 Å². The molecule has 3 heteroatoms. The molecule has 0 spiro atoms. The summed E-state index contributed by atoms with van der Waals surface area (Å²) in [5.74, 6) is 0.250. The van der Waals surface area contributed by atoms with Crippen molar-refractivity contribution in [3.8, 4) is 5.75 Å². The second kappa shape index (κ2) is 7.09. The summed E-state index contributed by atoms with van der Waals surface area (Å²) in [6.07, 6.45) is 6.42. The lowest BCUT2D eigenvalue weighted by Gasteiger charge is -2.04. The molecule has 0 saturated heterocycles. The predicted molar refractivity (Wildman–Crippen MR) is 70.1 cm³/mol. The zero-order valence-electron chi connectivity index (χ0n) is 9.09. The standard InChI is InChI=1S/C12H18ClOP/c1-2-3-4-5-8-15-12-7-6-10(14)9-11(12)13/h6-7,9,14-15H,2-5,8H2,1H3. The first-order valence-electron chi connectivity index (χ1n) is 5.46. The normalized spacial score (nSPS) is 11.3. The highest BCUT2D eigenvalue weighted by molar-refractivity contribution is 7.47. The second-order valence-corrected chi connectivity index (χ2v) is 5.45. The molecular weight excluding hydrogens is 227 g/mol. The maximum absolute atomic E-state index is 9.20. The number of phenols is 1. The molecule has 0 bridgehead atoms. The van der Waals surface area contributed by atoms with Crippen molar-refractivity contribution in [2.24, 2.45) is 0 Å². The van der Waals surface area contributed by atoms with Gasteiger partial charge >= 0.3 is 0 Å². The zero-order chi connectivity index (χ0) is 11.1. The number of phenolic OH excluding ortho intramolecular Hbond substituents is 1. The molecule has 0 aromatic heterocycles. The Kier molecular flexibility index (Phi) is 6.05. The summed E-state index contributed by atoms with van der Waals surface area (Å²) in [7, 11) is 0.768. The average Bonchev–Trinajstić information content (AvgIpc) is 2.20. The number of rotatable bonds is 6. The summed E-state index contributed by atoms with van der Waals surface area (Å²) in [4.78, 5) is 0. The molecule has 1 rings (SSSR count). The van der Waals surface area contributed by atoms with Crippen LogP contribution >= 0.6 is 20.2 Å². The number of unbranched alkanes of at least 4 members (excludes halogenated alkanes) is 3. The molecule has 1 unspecified atom stereocenters. The van der Waals surface area contributed by atoms with Gasteiger partial charge in [-0.15, -0.1) is 0 Å². The van der Waals surface area contributed by atoms with E-state index in [1.54, 1.807) is 12.1 Å². The summed E-state index contributed by atoms with van der Waals surface area (Å²) in [6.45, 7) is 2.22. The van der Waals surface area contributed by atoms with Crippen molar-refractivity contribution in [2.45, 2.75) is 32.6 Å².